The Morgan fingerprint density at radius 2 is 1.87 bits per heavy atom. The molecule has 0 saturated heterocycles. The van der Waals surface area contributed by atoms with E-state index in [1.807, 2.05) is 0 Å². The molecule has 0 saturated carbocycles. The van der Waals surface area contributed by atoms with Gasteiger partial charge in [-0.1, -0.05) is 0 Å². The van der Waals surface area contributed by atoms with Gasteiger partial charge >= 0.3 is 0 Å². The van der Waals surface area contributed by atoms with E-state index in [4.69, 9.17) is 4.42 Å². The van der Waals surface area contributed by atoms with Gasteiger partial charge in [-0.25, -0.2) is 0 Å². The predicted octanol–water partition coefficient (Wildman–Crippen LogP) is 2.37. The second-order valence-corrected chi connectivity index (χ2v) is 5.98. The highest BCUT2D eigenvalue weighted by Crippen LogP contribution is 2.14. The first-order valence-electron chi connectivity index (χ1n) is 7.19. The smallest absolute Gasteiger partial charge is 0.291 e. The van der Waals surface area contributed by atoms with E-state index >= 15 is 0 Å². The minimum Gasteiger partial charge on any atom is -0.459 e. The Morgan fingerprint density at radius 1 is 1.22 bits per heavy atom. The zero-order valence-corrected chi connectivity index (χ0v) is 13.4. The van der Waals surface area contributed by atoms with Gasteiger partial charge in [0, 0.05) is 24.8 Å². The molecule has 6 nitrogen and oxygen atoms in total. The predicted molar refractivity (Wildman–Crippen MR) is 86.4 cm³/mol. The molecule has 2 rings (SSSR count). The van der Waals surface area contributed by atoms with Crippen molar-refractivity contribution in [2.75, 3.05) is 18.9 Å². The number of amides is 2. The van der Waals surface area contributed by atoms with Crippen molar-refractivity contribution in [2.45, 2.75) is 19.4 Å². The summed E-state index contributed by atoms with van der Waals surface area (Å²) in [7, 11) is 1.63. The van der Waals surface area contributed by atoms with Crippen LogP contribution in [-0.4, -0.2) is 41.0 Å². The standard InChI is InChI=1S/C17H20N2O4/c1-17(2,22)11-19(3)16(21)12-6-8-13(9-7-12)18-15(20)14-5-4-10-23-14/h4-10,22H,11H2,1-3H3,(H,18,20). The summed E-state index contributed by atoms with van der Waals surface area (Å²) in [5.74, 6) is -0.334. The van der Waals surface area contributed by atoms with Crippen LogP contribution in [0.15, 0.2) is 47.1 Å². The van der Waals surface area contributed by atoms with Crippen LogP contribution >= 0.6 is 0 Å². The molecule has 0 spiro atoms. The maximum atomic E-state index is 12.3. The average Bonchev–Trinajstić information content (AvgIpc) is 3.00. The van der Waals surface area contributed by atoms with Crippen LogP contribution in [0.4, 0.5) is 5.69 Å². The zero-order chi connectivity index (χ0) is 17.0. The van der Waals surface area contributed by atoms with Gasteiger partial charge < -0.3 is 19.7 Å². The van der Waals surface area contributed by atoms with Crippen LogP contribution in [0.1, 0.15) is 34.8 Å². The summed E-state index contributed by atoms with van der Waals surface area (Å²) in [6.45, 7) is 3.51. The van der Waals surface area contributed by atoms with E-state index in [0.717, 1.165) is 0 Å². The summed E-state index contributed by atoms with van der Waals surface area (Å²) in [6, 6.07) is 9.74. The fraction of sp³-hybridized carbons (Fsp3) is 0.294. The molecule has 122 valence electrons. The summed E-state index contributed by atoms with van der Waals surface area (Å²) in [4.78, 5) is 25.6. The highest BCUT2D eigenvalue weighted by Gasteiger charge is 2.20. The summed E-state index contributed by atoms with van der Waals surface area (Å²) in [5, 5.41) is 12.4. The lowest BCUT2D eigenvalue weighted by molar-refractivity contribution is 0.0368. The van der Waals surface area contributed by atoms with Gasteiger partial charge in [0.1, 0.15) is 0 Å². The van der Waals surface area contributed by atoms with Crippen molar-refractivity contribution in [1.82, 2.24) is 4.90 Å². The first-order valence-corrected chi connectivity index (χ1v) is 7.19. The molecule has 2 N–H and O–H groups in total. The number of rotatable bonds is 5. The molecule has 1 heterocycles. The fourth-order valence-electron chi connectivity index (χ4n) is 2.17. The quantitative estimate of drug-likeness (QED) is 0.887. The van der Waals surface area contributed by atoms with Crippen LogP contribution < -0.4 is 5.32 Å². The maximum absolute atomic E-state index is 12.3. The number of carbonyl (C=O) groups is 2. The Kier molecular flexibility index (Phi) is 4.86. The van der Waals surface area contributed by atoms with E-state index in [-0.39, 0.29) is 24.1 Å². The molecular weight excluding hydrogens is 296 g/mol. The second kappa shape index (κ2) is 6.66. The van der Waals surface area contributed by atoms with Crippen LogP contribution in [0.5, 0.6) is 0 Å². The number of hydrogen-bond donors (Lipinski definition) is 2. The number of anilines is 1. The Hall–Kier alpha value is -2.60. The molecule has 23 heavy (non-hydrogen) atoms. The topological polar surface area (TPSA) is 82.8 Å². The molecule has 0 aliphatic heterocycles. The third-order valence-electron chi connectivity index (χ3n) is 3.11. The van der Waals surface area contributed by atoms with E-state index in [1.165, 1.54) is 11.2 Å². The number of carbonyl (C=O) groups excluding carboxylic acids is 2. The molecule has 0 atom stereocenters. The van der Waals surface area contributed by atoms with Crippen LogP contribution in [0.3, 0.4) is 0 Å². The third kappa shape index (κ3) is 4.69. The number of nitrogens with one attached hydrogen (secondary N) is 1. The van der Waals surface area contributed by atoms with E-state index in [9.17, 15) is 14.7 Å². The van der Waals surface area contributed by atoms with Gasteiger partial charge in [0.05, 0.1) is 11.9 Å². The molecule has 0 radical (unpaired) electrons. The van der Waals surface area contributed by atoms with Gasteiger partial charge in [-0.3, -0.25) is 9.59 Å². The first-order chi connectivity index (χ1) is 10.8. The van der Waals surface area contributed by atoms with Crippen LogP contribution in [-0.2, 0) is 0 Å². The van der Waals surface area contributed by atoms with Gasteiger partial charge in [0.2, 0.25) is 0 Å². The second-order valence-electron chi connectivity index (χ2n) is 5.98. The van der Waals surface area contributed by atoms with Crippen LogP contribution in [0.25, 0.3) is 0 Å². The highest BCUT2D eigenvalue weighted by molar-refractivity contribution is 6.02. The lowest BCUT2D eigenvalue weighted by Crippen LogP contribution is -2.39. The Morgan fingerprint density at radius 3 is 2.39 bits per heavy atom. The molecule has 1 aromatic carbocycles. The van der Waals surface area contributed by atoms with Gasteiger partial charge in [-0.15, -0.1) is 0 Å². The fourth-order valence-corrected chi connectivity index (χ4v) is 2.17. The lowest BCUT2D eigenvalue weighted by Gasteiger charge is -2.25. The minimum atomic E-state index is -0.957. The summed E-state index contributed by atoms with van der Waals surface area (Å²) < 4.78 is 5.01. The number of likely N-dealkylation sites (N-methyl/N-ethyl adjacent to an activating group) is 1. The molecule has 2 amide bonds. The number of benzene rings is 1. The Balaban J connectivity index is 2.01. The van der Waals surface area contributed by atoms with Crippen LogP contribution in [0.2, 0.25) is 0 Å². The zero-order valence-electron chi connectivity index (χ0n) is 13.4. The van der Waals surface area contributed by atoms with Crippen molar-refractivity contribution >= 4 is 17.5 Å². The monoisotopic (exact) mass is 316 g/mol. The van der Waals surface area contributed by atoms with Gasteiger partial charge in [0.15, 0.2) is 5.76 Å². The van der Waals surface area contributed by atoms with E-state index < -0.39 is 5.60 Å². The molecular formula is C17H20N2O4. The molecule has 2 aromatic rings. The third-order valence-corrected chi connectivity index (χ3v) is 3.11. The van der Waals surface area contributed by atoms with E-state index in [0.29, 0.717) is 11.3 Å². The Bertz CT molecular complexity index is 670. The lowest BCUT2D eigenvalue weighted by atomic mass is 10.1. The first kappa shape index (κ1) is 16.8. The van der Waals surface area contributed by atoms with Gasteiger partial charge in [-0.05, 0) is 50.2 Å². The SMILES string of the molecule is CN(CC(C)(C)O)C(=O)c1ccc(NC(=O)c2ccco2)cc1. The minimum absolute atomic E-state index is 0.198. The largest absolute Gasteiger partial charge is 0.459 e. The van der Waals surface area contributed by atoms with E-state index in [2.05, 4.69) is 5.32 Å². The summed E-state index contributed by atoms with van der Waals surface area (Å²) >= 11 is 0. The number of nitrogens with zero attached hydrogens (tertiary/aromatic N) is 1. The summed E-state index contributed by atoms with van der Waals surface area (Å²) in [5.41, 5.74) is 0.0855. The highest BCUT2D eigenvalue weighted by atomic mass is 16.3. The van der Waals surface area contributed by atoms with Crippen molar-refractivity contribution in [1.29, 1.82) is 0 Å². The molecule has 6 heteroatoms. The molecule has 1 aromatic heterocycles. The normalized spacial score (nSPS) is 11.1. The summed E-state index contributed by atoms with van der Waals surface area (Å²) in [6.07, 6.45) is 1.43. The maximum Gasteiger partial charge on any atom is 0.291 e. The number of furan rings is 1. The van der Waals surface area contributed by atoms with Crippen molar-refractivity contribution < 1.29 is 19.1 Å². The van der Waals surface area contributed by atoms with Crippen molar-refractivity contribution in [3.63, 3.8) is 0 Å². The Labute approximate surface area is 134 Å². The van der Waals surface area contributed by atoms with Crippen molar-refractivity contribution in [3.05, 3.63) is 54.0 Å². The van der Waals surface area contributed by atoms with Gasteiger partial charge in [-0.2, -0.15) is 0 Å². The number of aliphatic hydroxyl groups is 1. The number of hydrogen-bond acceptors (Lipinski definition) is 4. The van der Waals surface area contributed by atoms with Crippen molar-refractivity contribution in [2.24, 2.45) is 0 Å². The van der Waals surface area contributed by atoms with Crippen molar-refractivity contribution in [3.8, 4) is 0 Å². The molecule has 0 aliphatic rings. The van der Waals surface area contributed by atoms with E-state index in [1.54, 1.807) is 57.3 Å². The molecule has 0 bridgehead atoms. The molecule has 0 unspecified atom stereocenters. The average molecular weight is 316 g/mol. The molecule has 0 aliphatic carbocycles. The van der Waals surface area contributed by atoms with Gasteiger partial charge in [0.25, 0.3) is 11.8 Å². The van der Waals surface area contributed by atoms with Crippen LogP contribution in [0, 0.1) is 0 Å². The molecule has 0 fully saturated rings.